The van der Waals surface area contributed by atoms with Crippen LogP contribution < -0.4 is 28.4 Å². The van der Waals surface area contributed by atoms with E-state index in [1.165, 1.54) is 21.3 Å². The SMILES string of the molecule is COc1cc(OC)c2c(c1OC)OC(c1cc(OCc3ccccc3)ccc1OCc1ccccc1)CC2=O. The molecule has 7 heteroatoms. The summed E-state index contributed by atoms with van der Waals surface area (Å²) in [7, 11) is 4.54. The number of hydrogen-bond donors (Lipinski definition) is 0. The average molecular weight is 527 g/mol. The molecule has 0 N–H and O–H groups in total. The first-order valence-electron chi connectivity index (χ1n) is 12.6. The second-order valence-electron chi connectivity index (χ2n) is 9.00. The van der Waals surface area contributed by atoms with E-state index in [1.807, 2.05) is 78.9 Å². The van der Waals surface area contributed by atoms with Crippen LogP contribution in [-0.4, -0.2) is 27.1 Å². The molecule has 1 heterocycles. The number of ether oxygens (including phenoxy) is 6. The first kappa shape index (κ1) is 26.0. The lowest BCUT2D eigenvalue weighted by Gasteiger charge is -2.29. The lowest BCUT2D eigenvalue weighted by molar-refractivity contribution is 0.0830. The van der Waals surface area contributed by atoms with Gasteiger partial charge in [-0.25, -0.2) is 0 Å². The minimum absolute atomic E-state index is 0.0860. The molecule has 7 nitrogen and oxygen atoms in total. The zero-order valence-corrected chi connectivity index (χ0v) is 22.1. The standard InChI is InChI=1S/C32H30O7/c1-34-28-18-29(35-2)31(36-3)32-30(28)25(33)17-27(39-32)24-16-23(37-19-21-10-6-4-7-11-21)14-15-26(24)38-20-22-12-8-5-9-13-22/h4-16,18,27H,17,19-20H2,1-3H3. The van der Waals surface area contributed by atoms with E-state index in [0.717, 1.165) is 11.1 Å². The van der Waals surface area contributed by atoms with Crippen molar-refractivity contribution in [3.05, 3.63) is 107 Å². The van der Waals surface area contributed by atoms with Gasteiger partial charge in [0.05, 0.1) is 27.8 Å². The van der Waals surface area contributed by atoms with Gasteiger partial charge in [0.2, 0.25) is 5.75 Å². The highest BCUT2D eigenvalue weighted by molar-refractivity contribution is 6.04. The third-order valence-corrected chi connectivity index (χ3v) is 6.53. The molecule has 0 aliphatic carbocycles. The van der Waals surface area contributed by atoms with E-state index in [1.54, 1.807) is 6.07 Å². The van der Waals surface area contributed by atoms with E-state index in [0.29, 0.717) is 53.1 Å². The Morgan fingerprint density at radius 2 is 1.36 bits per heavy atom. The Balaban J connectivity index is 1.51. The molecule has 0 bridgehead atoms. The van der Waals surface area contributed by atoms with Crippen LogP contribution in [0.4, 0.5) is 0 Å². The maximum atomic E-state index is 13.5. The molecular weight excluding hydrogens is 496 g/mol. The molecule has 0 amide bonds. The predicted molar refractivity (Wildman–Crippen MR) is 146 cm³/mol. The molecular formula is C32H30O7. The number of fused-ring (bicyclic) bond motifs is 1. The van der Waals surface area contributed by atoms with Crippen LogP contribution in [0.2, 0.25) is 0 Å². The molecule has 0 radical (unpaired) electrons. The van der Waals surface area contributed by atoms with Crippen molar-refractivity contribution in [2.45, 2.75) is 25.7 Å². The van der Waals surface area contributed by atoms with Crippen molar-refractivity contribution in [1.29, 1.82) is 0 Å². The maximum absolute atomic E-state index is 13.5. The molecule has 0 fully saturated rings. The van der Waals surface area contributed by atoms with Crippen molar-refractivity contribution in [3.63, 3.8) is 0 Å². The maximum Gasteiger partial charge on any atom is 0.204 e. The highest BCUT2D eigenvalue weighted by atomic mass is 16.5. The van der Waals surface area contributed by atoms with Crippen LogP contribution in [0.5, 0.6) is 34.5 Å². The Kier molecular flexibility index (Phi) is 7.87. The second-order valence-corrected chi connectivity index (χ2v) is 9.00. The number of carbonyl (C=O) groups is 1. The minimum atomic E-state index is -0.651. The Morgan fingerprint density at radius 3 is 1.97 bits per heavy atom. The smallest absolute Gasteiger partial charge is 0.204 e. The first-order valence-corrected chi connectivity index (χ1v) is 12.6. The van der Waals surface area contributed by atoms with Crippen LogP contribution in [0, 0.1) is 0 Å². The number of hydrogen-bond acceptors (Lipinski definition) is 7. The van der Waals surface area contributed by atoms with E-state index in [2.05, 4.69) is 0 Å². The van der Waals surface area contributed by atoms with Crippen molar-refractivity contribution in [2.24, 2.45) is 0 Å². The van der Waals surface area contributed by atoms with E-state index < -0.39 is 6.10 Å². The van der Waals surface area contributed by atoms with Crippen molar-refractivity contribution in [2.75, 3.05) is 21.3 Å². The molecule has 200 valence electrons. The number of Topliss-reactive ketones (excluding diaryl/α,β-unsaturated/α-hetero) is 1. The predicted octanol–water partition coefficient (Wildman–Crippen LogP) is 6.58. The third-order valence-electron chi connectivity index (χ3n) is 6.53. The average Bonchev–Trinajstić information content (AvgIpc) is 2.99. The van der Waals surface area contributed by atoms with Crippen molar-refractivity contribution < 1.29 is 33.2 Å². The van der Waals surface area contributed by atoms with E-state index >= 15 is 0 Å². The minimum Gasteiger partial charge on any atom is -0.496 e. The number of ketones is 1. The summed E-state index contributed by atoms with van der Waals surface area (Å²) in [6.45, 7) is 0.764. The van der Waals surface area contributed by atoms with Gasteiger partial charge in [-0.3, -0.25) is 4.79 Å². The van der Waals surface area contributed by atoms with Gasteiger partial charge in [0.1, 0.15) is 42.1 Å². The van der Waals surface area contributed by atoms with Crippen LogP contribution in [-0.2, 0) is 13.2 Å². The fraction of sp³-hybridized carbons (Fsp3) is 0.219. The van der Waals surface area contributed by atoms with E-state index in [9.17, 15) is 4.79 Å². The molecule has 1 aliphatic rings. The summed E-state index contributed by atoms with van der Waals surface area (Å²) in [6, 6.07) is 27.0. The third kappa shape index (κ3) is 5.62. The summed E-state index contributed by atoms with van der Waals surface area (Å²) in [5.41, 5.74) is 3.09. The van der Waals surface area contributed by atoms with Crippen LogP contribution in [0.15, 0.2) is 84.9 Å². The lowest BCUT2D eigenvalue weighted by atomic mass is 9.94. The van der Waals surface area contributed by atoms with Gasteiger partial charge in [-0.1, -0.05) is 60.7 Å². The van der Waals surface area contributed by atoms with E-state index in [-0.39, 0.29) is 18.0 Å². The van der Waals surface area contributed by atoms with Crippen LogP contribution in [0.1, 0.15) is 39.6 Å². The molecule has 5 rings (SSSR count). The molecule has 0 saturated carbocycles. The summed E-state index contributed by atoms with van der Waals surface area (Å²) in [5.74, 6) is 2.48. The molecule has 0 saturated heterocycles. The molecule has 0 spiro atoms. The summed E-state index contributed by atoms with van der Waals surface area (Å²) < 4.78 is 35.4. The molecule has 0 aromatic heterocycles. The summed E-state index contributed by atoms with van der Waals surface area (Å²) in [6.07, 6.45) is -0.565. The quantitative estimate of drug-likeness (QED) is 0.231. The summed E-state index contributed by atoms with van der Waals surface area (Å²) >= 11 is 0. The van der Waals surface area contributed by atoms with Crippen molar-refractivity contribution in [3.8, 4) is 34.5 Å². The number of rotatable bonds is 10. The molecule has 39 heavy (non-hydrogen) atoms. The monoisotopic (exact) mass is 526 g/mol. The highest BCUT2D eigenvalue weighted by Gasteiger charge is 2.36. The Labute approximate surface area is 227 Å². The van der Waals surface area contributed by atoms with Gasteiger partial charge in [0, 0.05) is 11.6 Å². The van der Waals surface area contributed by atoms with Crippen LogP contribution in [0.3, 0.4) is 0 Å². The van der Waals surface area contributed by atoms with Gasteiger partial charge in [0.15, 0.2) is 17.3 Å². The Hall–Kier alpha value is -4.65. The van der Waals surface area contributed by atoms with Gasteiger partial charge in [-0.15, -0.1) is 0 Å². The molecule has 4 aromatic carbocycles. The Bertz CT molecular complexity index is 1430. The van der Waals surface area contributed by atoms with Gasteiger partial charge < -0.3 is 28.4 Å². The van der Waals surface area contributed by atoms with Crippen molar-refractivity contribution >= 4 is 5.78 Å². The zero-order chi connectivity index (χ0) is 27.2. The molecule has 1 unspecified atom stereocenters. The molecule has 4 aromatic rings. The van der Waals surface area contributed by atoms with Gasteiger partial charge in [0.25, 0.3) is 0 Å². The van der Waals surface area contributed by atoms with Crippen LogP contribution in [0.25, 0.3) is 0 Å². The fourth-order valence-corrected chi connectivity index (χ4v) is 4.58. The van der Waals surface area contributed by atoms with E-state index in [4.69, 9.17) is 28.4 Å². The Morgan fingerprint density at radius 1 is 0.718 bits per heavy atom. The van der Waals surface area contributed by atoms with Crippen LogP contribution >= 0.6 is 0 Å². The summed E-state index contributed by atoms with van der Waals surface area (Å²) in [4.78, 5) is 13.5. The number of methoxy groups -OCH3 is 3. The van der Waals surface area contributed by atoms with Gasteiger partial charge >= 0.3 is 0 Å². The largest absolute Gasteiger partial charge is 0.496 e. The molecule has 1 atom stereocenters. The highest BCUT2D eigenvalue weighted by Crippen LogP contribution is 2.51. The summed E-state index contributed by atoms with van der Waals surface area (Å²) in [5, 5.41) is 0. The van der Waals surface area contributed by atoms with Crippen molar-refractivity contribution in [1.82, 2.24) is 0 Å². The number of carbonyl (C=O) groups excluding carboxylic acids is 1. The lowest BCUT2D eigenvalue weighted by Crippen LogP contribution is -2.22. The van der Waals surface area contributed by atoms with Gasteiger partial charge in [-0.05, 0) is 29.3 Å². The zero-order valence-electron chi connectivity index (χ0n) is 22.1. The molecule has 1 aliphatic heterocycles. The topological polar surface area (TPSA) is 72.5 Å². The first-order chi connectivity index (χ1) is 19.1. The fourth-order valence-electron chi connectivity index (χ4n) is 4.58. The second kappa shape index (κ2) is 11.8. The van der Waals surface area contributed by atoms with Gasteiger partial charge in [-0.2, -0.15) is 0 Å². The normalized spacial score (nSPS) is 14.1. The number of benzene rings is 4.